The Hall–Kier alpha value is -1.00. The fourth-order valence-electron chi connectivity index (χ4n) is 1.22. The predicted octanol–water partition coefficient (Wildman–Crippen LogP) is 0.285. The first-order valence-electron chi connectivity index (χ1n) is 4.34. The van der Waals surface area contributed by atoms with E-state index >= 15 is 0 Å². The van der Waals surface area contributed by atoms with E-state index in [1.807, 2.05) is 6.92 Å². The van der Waals surface area contributed by atoms with Gasteiger partial charge in [-0.2, -0.15) is 0 Å². The van der Waals surface area contributed by atoms with Crippen molar-refractivity contribution in [2.24, 2.45) is 0 Å². The molecule has 1 aliphatic heterocycles. The number of rotatable bonds is 1. The molecule has 4 nitrogen and oxygen atoms in total. The topological polar surface area (TPSA) is 47.0 Å². The van der Waals surface area contributed by atoms with Crippen molar-refractivity contribution >= 4 is 0 Å². The molecular formula is C9H12N3O. The quantitative estimate of drug-likeness (QED) is 0.671. The monoisotopic (exact) mass is 178 g/mol. The van der Waals surface area contributed by atoms with Crippen LogP contribution in [0.1, 0.15) is 11.4 Å². The number of ether oxygens (including phenoxy) is 1. The summed E-state index contributed by atoms with van der Waals surface area (Å²) >= 11 is 0. The van der Waals surface area contributed by atoms with Crippen molar-refractivity contribution in [3.05, 3.63) is 29.9 Å². The molecule has 1 N–H and O–H groups in total. The summed E-state index contributed by atoms with van der Waals surface area (Å²) in [6.45, 7) is 4.28. The first-order chi connectivity index (χ1) is 6.36. The van der Waals surface area contributed by atoms with Gasteiger partial charge in [-0.05, 0) is 6.92 Å². The molecule has 1 fully saturated rings. The second-order valence-electron chi connectivity index (χ2n) is 2.97. The largest absolute Gasteiger partial charge is 0.364 e. The van der Waals surface area contributed by atoms with Crippen molar-refractivity contribution in [1.82, 2.24) is 15.3 Å². The van der Waals surface area contributed by atoms with Crippen LogP contribution in [-0.4, -0.2) is 29.7 Å². The normalized spacial score (nSPS) is 18.8. The Morgan fingerprint density at radius 1 is 1.38 bits per heavy atom. The molecule has 0 atom stereocenters. The highest BCUT2D eigenvalue weighted by molar-refractivity contribution is 5.22. The SMILES string of the molecule is Cc1ncc([C]2CNCCO2)cn1. The van der Waals surface area contributed by atoms with Crippen molar-refractivity contribution in [1.29, 1.82) is 0 Å². The van der Waals surface area contributed by atoms with E-state index in [-0.39, 0.29) is 0 Å². The molecule has 0 bridgehead atoms. The molecule has 0 unspecified atom stereocenters. The van der Waals surface area contributed by atoms with Crippen LogP contribution in [0.3, 0.4) is 0 Å². The number of aryl methyl sites for hydroxylation is 1. The number of nitrogens with zero attached hydrogens (tertiary/aromatic N) is 2. The summed E-state index contributed by atoms with van der Waals surface area (Å²) in [7, 11) is 0. The molecule has 2 heterocycles. The van der Waals surface area contributed by atoms with Gasteiger partial charge in [-0.3, -0.25) is 0 Å². The van der Waals surface area contributed by atoms with Gasteiger partial charge in [-0.25, -0.2) is 9.97 Å². The van der Waals surface area contributed by atoms with Crippen LogP contribution in [0, 0.1) is 13.0 Å². The Kier molecular flexibility index (Phi) is 2.52. The van der Waals surface area contributed by atoms with Gasteiger partial charge in [0.05, 0.1) is 6.61 Å². The molecule has 1 aliphatic rings. The van der Waals surface area contributed by atoms with Crippen LogP contribution in [0.4, 0.5) is 0 Å². The second kappa shape index (κ2) is 3.81. The lowest BCUT2D eigenvalue weighted by atomic mass is 10.2. The Bertz CT molecular complexity index is 267. The van der Waals surface area contributed by atoms with Crippen molar-refractivity contribution in [3.63, 3.8) is 0 Å². The van der Waals surface area contributed by atoms with Crippen molar-refractivity contribution < 1.29 is 4.74 Å². The first-order valence-corrected chi connectivity index (χ1v) is 4.34. The number of nitrogens with one attached hydrogen (secondary N) is 1. The summed E-state index contributed by atoms with van der Waals surface area (Å²) in [5.74, 6) is 0.785. The van der Waals surface area contributed by atoms with Gasteiger partial charge in [0.15, 0.2) is 0 Å². The molecule has 69 valence electrons. The summed E-state index contributed by atoms with van der Waals surface area (Å²) in [6, 6.07) is 0. The number of aromatic nitrogens is 2. The van der Waals surface area contributed by atoms with Crippen LogP contribution in [0.15, 0.2) is 12.4 Å². The predicted molar refractivity (Wildman–Crippen MR) is 47.9 cm³/mol. The average molecular weight is 178 g/mol. The van der Waals surface area contributed by atoms with E-state index < -0.39 is 0 Å². The molecule has 1 radical (unpaired) electrons. The third-order valence-corrected chi connectivity index (χ3v) is 1.94. The molecule has 1 aromatic rings. The van der Waals surface area contributed by atoms with Crippen LogP contribution < -0.4 is 5.32 Å². The lowest BCUT2D eigenvalue weighted by Crippen LogP contribution is -2.34. The third-order valence-electron chi connectivity index (χ3n) is 1.94. The van der Waals surface area contributed by atoms with E-state index in [2.05, 4.69) is 15.3 Å². The van der Waals surface area contributed by atoms with Gasteiger partial charge in [0, 0.05) is 31.0 Å². The second-order valence-corrected chi connectivity index (χ2v) is 2.97. The maximum absolute atomic E-state index is 5.48. The Morgan fingerprint density at radius 2 is 2.15 bits per heavy atom. The lowest BCUT2D eigenvalue weighted by molar-refractivity contribution is 0.128. The minimum Gasteiger partial charge on any atom is -0.364 e. The zero-order valence-electron chi connectivity index (χ0n) is 7.58. The van der Waals surface area contributed by atoms with Gasteiger partial charge in [0.25, 0.3) is 0 Å². The number of hydrogen-bond acceptors (Lipinski definition) is 4. The Morgan fingerprint density at radius 3 is 2.77 bits per heavy atom. The molecule has 1 saturated heterocycles. The fourth-order valence-corrected chi connectivity index (χ4v) is 1.22. The number of hydrogen-bond donors (Lipinski definition) is 1. The van der Waals surface area contributed by atoms with E-state index in [9.17, 15) is 0 Å². The van der Waals surface area contributed by atoms with Gasteiger partial charge in [-0.15, -0.1) is 0 Å². The summed E-state index contributed by atoms with van der Waals surface area (Å²) in [5.41, 5.74) is 0.970. The minimum atomic E-state index is 0.725. The summed E-state index contributed by atoms with van der Waals surface area (Å²) in [5, 5.41) is 3.23. The molecule has 0 aromatic carbocycles. The van der Waals surface area contributed by atoms with Gasteiger partial charge < -0.3 is 10.1 Å². The standard InChI is InChI=1S/C9H12N3O/c1-7-11-4-8(5-12-7)9-6-10-2-3-13-9/h4-5,10H,2-3,6H2,1H3. The van der Waals surface area contributed by atoms with E-state index in [0.717, 1.165) is 37.2 Å². The number of morpholine rings is 1. The van der Waals surface area contributed by atoms with E-state index in [1.165, 1.54) is 0 Å². The van der Waals surface area contributed by atoms with Crippen LogP contribution in [0.25, 0.3) is 0 Å². The van der Waals surface area contributed by atoms with Crippen molar-refractivity contribution in [3.8, 4) is 0 Å². The summed E-state index contributed by atoms with van der Waals surface area (Å²) in [4.78, 5) is 8.23. The Labute approximate surface area is 77.4 Å². The fraction of sp³-hybridized carbons (Fsp3) is 0.444. The molecule has 13 heavy (non-hydrogen) atoms. The summed E-state index contributed by atoms with van der Waals surface area (Å²) < 4.78 is 5.48. The zero-order valence-corrected chi connectivity index (χ0v) is 7.58. The van der Waals surface area contributed by atoms with Crippen molar-refractivity contribution in [2.45, 2.75) is 6.92 Å². The average Bonchev–Trinajstić information content (AvgIpc) is 2.20. The van der Waals surface area contributed by atoms with Crippen molar-refractivity contribution in [2.75, 3.05) is 19.7 Å². The third kappa shape index (κ3) is 2.02. The highest BCUT2D eigenvalue weighted by Crippen LogP contribution is 2.15. The van der Waals surface area contributed by atoms with Crippen LogP contribution >= 0.6 is 0 Å². The van der Waals surface area contributed by atoms with Crippen LogP contribution in [-0.2, 0) is 4.74 Å². The van der Waals surface area contributed by atoms with E-state index in [4.69, 9.17) is 4.74 Å². The van der Waals surface area contributed by atoms with Crippen LogP contribution in [0.5, 0.6) is 0 Å². The smallest absolute Gasteiger partial charge is 0.143 e. The van der Waals surface area contributed by atoms with Gasteiger partial charge in [0.1, 0.15) is 11.9 Å². The molecular weight excluding hydrogens is 166 g/mol. The van der Waals surface area contributed by atoms with Gasteiger partial charge >= 0.3 is 0 Å². The summed E-state index contributed by atoms with van der Waals surface area (Å²) in [6.07, 6.45) is 4.53. The minimum absolute atomic E-state index is 0.725. The first kappa shape index (κ1) is 8.59. The van der Waals surface area contributed by atoms with Gasteiger partial charge in [0.2, 0.25) is 0 Å². The molecule has 1 aromatic heterocycles. The van der Waals surface area contributed by atoms with Gasteiger partial charge in [-0.1, -0.05) is 0 Å². The zero-order chi connectivity index (χ0) is 9.10. The Balaban J connectivity index is 2.10. The van der Waals surface area contributed by atoms with E-state index in [1.54, 1.807) is 12.4 Å². The molecule has 0 spiro atoms. The maximum Gasteiger partial charge on any atom is 0.143 e. The molecule has 0 amide bonds. The molecule has 4 heteroatoms. The molecule has 0 aliphatic carbocycles. The lowest BCUT2D eigenvalue weighted by Gasteiger charge is -2.21. The van der Waals surface area contributed by atoms with Crippen LogP contribution in [0.2, 0.25) is 0 Å². The highest BCUT2D eigenvalue weighted by Gasteiger charge is 2.17. The molecule has 0 saturated carbocycles. The highest BCUT2D eigenvalue weighted by atomic mass is 16.5. The van der Waals surface area contributed by atoms with E-state index in [0.29, 0.717) is 0 Å². The molecule has 2 rings (SSSR count). The maximum atomic E-state index is 5.48.